The highest BCUT2D eigenvalue weighted by Gasteiger charge is 2.20. The Morgan fingerprint density at radius 2 is 1.95 bits per heavy atom. The van der Waals surface area contributed by atoms with Crippen LogP contribution in [0, 0.1) is 10.1 Å². The molecule has 0 bridgehead atoms. The number of phenols is 1. The fourth-order valence-corrected chi connectivity index (χ4v) is 1.57. The van der Waals surface area contributed by atoms with Crippen molar-refractivity contribution in [1.82, 2.24) is 4.98 Å². The predicted molar refractivity (Wildman–Crippen MR) is 69.8 cm³/mol. The van der Waals surface area contributed by atoms with Gasteiger partial charge in [-0.3, -0.25) is 19.7 Å². The van der Waals surface area contributed by atoms with E-state index < -0.39 is 27.8 Å². The van der Waals surface area contributed by atoms with Gasteiger partial charge in [0.1, 0.15) is 11.4 Å². The van der Waals surface area contributed by atoms with Gasteiger partial charge < -0.3 is 15.4 Å². The van der Waals surface area contributed by atoms with Crippen LogP contribution in [0.5, 0.6) is 5.75 Å². The maximum atomic E-state index is 11.9. The number of nitrogens with zero attached hydrogens (tertiary/aromatic N) is 1. The quantitative estimate of drug-likeness (QED) is 0.441. The number of hydrogen-bond acceptors (Lipinski definition) is 5. The molecular formula is C12H9N3O5. The number of nitro benzene ring substituents is 1. The van der Waals surface area contributed by atoms with Crippen LogP contribution in [0.1, 0.15) is 10.5 Å². The number of benzene rings is 1. The predicted octanol–water partition coefficient (Wildman–Crippen LogP) is 1.24. The zero-order valence-electron chi connectivity index (χ0n) is 9.99. The van der Waals surface area contributed by atoms with Crippen LogP contribution in [0.3, 0.4) is 0 Å². The van der Waals surface area contributed by atoms with Gasteiger partial charge in [0, 0.05) is 12.1 Å². The fraction of sp³-hybridized carbons (Fsp3) is 0. The SMILES string of the molecule is O=C(Nc1c(O)cccc1[N+](=O)[O-])c1cccc(=O)[nH]1. The summed E-state index contributed by atoms with van der Waals surface area (Å²) < 4.78 is 0. The molecule has 8 nitrogen and oxygen atoms in total. The molecule has 0 saturated heterocycles. The van der Waals surface area contributed by atoms with E-state index in [2.05, 4.69) is 10.3 Å². The molecule has 0 spiro atoms. The van der Waals surface area contributed by atoms with Crippen LogP contribution < -0.4 is 10.9 Å². The van der Waals surface area contributed by atoms with E-state index in [9.17, 15) is 24.8 Å². The van der Waals surface area contributed by atoms with E-state index in [0.29, 0.717) is 0 Å². The molecule has 1 aromatic heterocycles. The van der Waals surface area contributed by atoms with Gasteiger partial charge in [0.05, 0.1) is 4.92 Å². The summed E-state index contributed by atoms with van der Waals surface area (Å²) >= 11 is 0. The Labute approximate surface area is 111 Å². The van der Waals surface area contributed by atoms with Gasteiger partial charge in [0.2, 0.25) is 5.56 Å². The third kappa shape index (κ3) is 2.64. The Bertz CT molecular complexity index is 738. The standard InChI is InChI=1S/C12H9N3O5/c16-9-5-2-4-8(15(19)20)11(9)14-12(18)7-3-1-6-10(17)13-7/h1-6,16H,(H,13,17)(H,14,18). The number of phenolic OH excluding ortho intramolecular Hbond substituents is 1. The first-order valence-electron chi connectivity index (χ1n) is 5.46. The lowest BCUT2D eigenvalue weighted by molar-refractivity contribution is -0.384. The molecule has 20 heavy (non-hydrogen) atoms. The van der Waals surface area contributed by atoms with E-state index in [1.54, 1.807) is 0 Å². The summed E-state index contributed by atoms with van der Waals surface area (Å²) in [6.45, 7) is 0. The second-order valence-corrected chi connectivity index (χ2v) is 3.81. The van der Waals surface area contributed by atoms with Crippen molar-refractivity contribution in [3.05, 3.63) is 62.6 Å². The van der Waals surface area contributed by atoms with Gasteiger partial charge in [0.25, 0.3) is 11.6 Å². The third-order valence-corrected chi connectivity index (χ3v) is 2.47. The first kappa shape index (κ1) is 13.3. The first-order valence-corrected chi connectivity index (χ1v) is 5.46. The number of carbonyl (C=O) groups is 1. The molecule has 1 amide bonds. The van der Waals surface area contributed by atoms with Gasteiger partial charge in [-0.15, -0.1) is 0 Å². The zero-order chi connectivity index (χ0) is 14.7. The van der Waals surface area contributed by atoms with Gasteiger partial charge in [-0.2, -0.15) is 0 Å². The number of H-pyrrole nitrogens is 1. The van der Waals surface area contributed by atoms with E-state index in [1.807, 2.05) is 0 Å². The number of aromatic amines is 1. The van der Waals surface area contributed by atoms with Crippen molar-refractivity contribution in [1.29, 1.82) is 0 Å². The summed E-state index contributed by atoms with van der Waals surface area (Å²) in [4.78, 5) is 35.3. The summed E-state index contributed by atoms with van der Waals surface area (Å²) in [6.07, 6.45) is 0. The lowest BCUT2D eigenvalue weighted by Gasteiger charge is -2.07. The number of nitro groups is 1. The molecule has 102 valence electrons. The molecule has 0 fully saturated rings. The maximum absolute atomic E-state index is 11.9. The second-order valence-electron chi connectivity index (χ2n) is 3.81. The smallest absolute Gasteiger partial charge is 0.296 e. The number of rotatable bonds is 3. The van der Waals surface area contributed by atoms with E-state index in [1.165, 1.54) is 30.3 Å². The zero-order valence-corrected chi connectivity index (χ0v) is 9.99. The number of pyridine rings is 1. The normalized spacial score (nSPS) is 10.0. The minimum absolute atomic E-state index is 0.0740. The van der Waals surface area contributed by atoms with Crippen LogP contribution in [0.25, 0.3) is 0 Å². The molecule has 0 aliphatic rings. The van der Waals surface area contributed by atoms with Crippen molar-refractivity contribution in [3.63, 3.8) is 0 Å². The largest absolute Gasteiger partial charge is 0.505 e. The van der Waals surface area contributed by atoms with E-state index in [0.717, 1.165) is 6.07 Å². The van der Waals surface area contributed by atoms with Crippen LogP contribution in [0.15, 0.2) is 41.2 Å². The highest BCUT2D eigenvalue weighted by atomic mass is 16.6. The summed E-state index contributed by atoms with van der Waals surface area (Å²) in [7, 11) is 0. The van der Waals surface area contributed by atoms with Crippen molar-refractivity contribution >= 4 is 17.3 Å². The van der Waals surface area contributed by atoms with Gasteiger partial charge in [0.15, 0.2) is 5.69 Å². The summed E-state index contributed by atoms with van der Waals surface area (Å²) in [6, 6.07) is 7.56. The monoisotopic (exact) mass is 275 g/mol. The van der Waals surface area contributed by atoms with E-state index in [4.69, 9.17) is 0 Å². The Morgan fingerprint density at radius 1 is 1.25 bits per heavy atom. The van der Waals surface area contributed by atoms with Crippen LogP contribution in [0.2, 0.25) is 0 Å². The Balaban J connectivity index is 2.37. The highest BCUT2D eigenvalue weighted by molar-refractivity contribution is 6.05. The molecule has 8 heteroatoms. The highest BCUT2D eigenvalue weighted by Crippen LogP contribution is 2.33. The molecule has 2 aromatic rings. The van der Waals surface area contributed by atoms with Crippen LogP contribution >= 0.6 is 0 Å². The average molecular weight is 275 g/mol. The minimum atomic E-state index is -0.771. The van der Waals surface area contributed by atoms with Crippen LogP contribution in [0.4, 0.5) is 11.4 Å². The Morgan fingerprint density at radius 3 is 2.60 bits per heavy atom. The lowest BCUT2D eigenvalue weighted by Crippen LogP contribution is -2.18. The van der Waals surface area contributed by atoms with Crippen LogP contribution in [-0.2, 0) is 0 Å². The molecule has 2 rings (SSSR count). The van der Waals surface area contributed by atoms with Gasteiger partial charge in [-0.05, 0) is 12.1 Å². The average Bonchev–Trinajstić information content (AvgIpc) is 2.40. The summed E-state index contributed by atoms with van der Waals surface area (Å²) in [5, 5.41) is 22.6. The number of anilines is 1. The Hall–Kier alpha value is -3.16. The molecule has 0 atom stereocenters. The Kier molecular flexibility index (Phi) is 3.47. The molecule has 0 aliphatic carbocycles. The first-order chi connectivity index (χ1) is 9.49. The molecular weight excluding hydrogens is 266 g/mol. The lowest BCUT2D eigenvalue weighted by atomic mass is 10.2. The number of aromatic hydroxyl groups is 1. The van der Waals surface area contributed by atoms with Gasteiger partial charge in [-0.1, -0.05) is 12.1 Å². The topological polar surface area (TPSA) is 125 Å². The molecule has 1 heterocycles. The molecule has 0 aliphatic heterocycles. The molecule has 0 radical (unpaired) electrons. The van der Waals surface area contributed by atoms with Crippen molar-refractivity contribution in [2.24, 2.45) is 0 Å². The van der Waals surface area contributed by atoms with E-state index in [-0.39, 0.29) is 11.4 Å². The molecule has 1 aromatic carbocycles. The second kappa shape index (κ2) is 5.22. The van der Waals surface area contributed by atoms with Crippen molar-refractivity contribution < 1.29 is 14.8 Å². The number of aromatic nitrogens is 1. The van der Waals surface area contributed by atoms with Crippen molar-refractivity contribution in [3.8, 4) is 5.75 Å². The number of carbonyl (C=O) groups excluding carboxylic acids is 1. The van der Waals surface area contributed by atoms with Crippen molar-refractivity contribution in [2.45, 2.75) is 0 Å². The van der Waals surface area contributed by atoms with Gasteiger partial charge in [-0.25, -0.2) is 0 Å². The summed E-state index contributed by atoms with van der Waals surface area (Å²) in [5.41, 5.74) is -1.33. The maximum Gasteiger partial charge on any atom is 0.296 e. The van der Waals surface area contributed by atoms with Gasteiger partial charge >= 0.3 is 0 Å². The number of nitrogens with one attached hydrogen (secondary N) is 2. The van der Waals surface area contributed by atoms with Crippen molar-refractivity contribution in [2.75, 3.05) is 5.32 Å². The summed E-state index contributed by atoms with van der Waals surface area (Å²) in [5.74, 6) is -1.21. The third-order valence-electron chi connectivity index (χ3n) is 2.47. The fourth-order valence-electron chi connectivity index (χ4n) is 1.57. The van der Waals surface area contributed by atoms with E-state index >= 15 is 0 Å². The molecule has 3 N–H and O–H groups in total. The molecule has 0 unspecified atom stereocenters. The number of amides is 1. The number of hydrogen-bond donors (Lipinski definition) is 3. The minimum Gasteiger partial charge on any atom is -0.505 e. The van der Waals surface area contributed by atoms with Crippen LogP contribution in [-0.4, -0.2) is 20.9 Å². The number of para-hydroxylation sites is 1. The molecule has 0 saturated carbocycles.